The Morgan fingerprint density at radius 2 is 1.97 bits per heavy atom. The second kappa shape index (κ2) is 10.2. The lowest BCUT2D eigenvalue weighted by Gasteiger charge is -2.39. The maximum atomic E-state index is 14.4. The molecule has 0 saturated carbocycles. The first-order valence-electron chi connectivity index (χ1n) is 12.4. The first-order valence-corrected chi connectivity index (χ1v) is 13.3. The van der Waals surface area contributed by atoms with Crippen molar-refractivity contribution >= 4 is 23.2 Å². The summed E-state index contributed by atoms with van der Waals surface area (Å²) in [5, 5.41) is 13.3. The van der Waals surface area contributed by atoms with E-state index in [0.717, 1.165) is 5.56 Å². The third-order valence-corrected chi connectivity index (χ3v) is 7.81. The van der Waals surface area contributed by atoms with Gasteiger partial charge in [-0.25, -0.2) is 9.78 Å². The summed E-state index contributed by atoms with van der Waals surface area (Å²) in [4.78, 5) is 42.4. The molecule has 8 nitrogen and oxygen atoms in total. The third-order valence-electron chi connectivity index (χ3n) is 6.96. The minimum Gasteiger partial charge on any atom is -0.496 e. The predicted octanol–water partition coefficient (Wildman–Crippen LogP) is 5.48. The highest BCUT2D eigenvalue weighted by Gasteiger charge is 2.60. The number of carboxylic acid groups (broad SMARTS) is 1. The van der Waals surface area contributed by atoms with Crippen molar-refractivity contribution in [2.45, 2.75) is 70.4 Å². The van der Waals surface area contributed by atoms with E-state index < -0.39 is 17.6 Å². The number of aromatic nitrogens is 3. The molecule has 1 aromatic carbocycles. The van der Waals surface area contributed by atoms with Gasteiger partial charge in [-0.1, -0.05) is 40.7 Å². The summed E-state index contributed by atoms with van der Waals surface area (Å²) in [7, 11) is 1.58. The number of ether oxygens (including phenoxy) is 1. The molecule has 1 unspecified atom stereocenters. The summed E-state index contributed by atoms with van der Waals surface area (Å²) in [6.07, 6.45) is 7.03. The highest BCUT2D eigenvalue weighted by molar-refractivity contribution is 7.09. The van der Waals surface area contributed by atoms with Gasteiger partial charge in [0.25, 0.3) is 5.91 Å². The molecule has 0 bridgehead atoms. The highest BCUT2D eigenvalue weighted by Crippen LogP contribution is 2.54. The van der Waals surface area contributed by atoms with Gasteiger partial charge in [-0.3, -0.25) is 14.8 Å². The Labute approximate surface area is 221 Å². The second-order valence-corrected chi connectivity index (χ2v) is 12.0. The molecule has 3 atom stereocenters. The summed E-state index contributed by atoms with van der Waals surface area (Å²) in [6, 6.07) is 4.78. The summed E-state index contributed by atoms with van der Waals surface area (Å²) >= 11 is 1.41. The monoisotopic (exact) mass is 522 g/mol. The average molecular weight is 523 g/mol. The lowest BCUT2D eigenvalue weighted by atomic mass is 9.82. The molecular formula is C28H34N4O4S. The van der Waals surface area contributed by atoms with Crippen LogP contribution < -0.4 is 4.74 Å². The van der Waals surface area contributed by atoms with E-state index in [1.54, 1.807) is 48.9 Å². The van der Waals surface area contributed by atoms with Crippen molar-refractivity contribution in [2.24, 2.45) is 5.92 Å². The van der Waals surface area contributed by atoms with Gasteiger partial charge in [0.1, 0.15) is 16.3 Å². The Hall–Kier alpha value is -3.33. The van der Waals surface area contributed by atoms with Gasteiger partial charge in [0, 0.05) is 41.6 Å². The number of carbonyl (C=O) groups excluding carboxylic acids is 1. The SMILES string of the molecule is COc1cc(C(=O)N2[C@@H](c3nccs3)C(c3cnccn3)C[C@@]2(CC(C)C)C(=O)O)ccc1C(C)(C)C. The number of methoxy groups -OCH3 is 1. The quantitative estimate of drug-likeness (QED) is 0.438. The molecule has 2 aromatic heterocycles. The molecular weight excluding hydrogens is 488 g/mol. The number of rotatable bonds is 7. The molecule has 37 heavy (non-hydrogen) atoms. The first-order chi connectivity index (χ1) is 17.5. The molecule has 1 amide bonds. The van der Waals surface area contributed by atoms with Crippen LogP contribution in [-0.4, -0.2) is 49.5 Å². The fraction of sp³-hybridized carbons (Fsp3) is 0.464. The molecule has 3 aromatic rings. The fourth-order valence-corrected chi connectivity index (χ4v) is 6.28. The summed E-state index contributed by atoms with van der Waals surface area (Å²) in [5.74, 6) is -1.15. The van der Waals surface area contributed by atoms with Gasteiger partial charge < -0.3 is 14.7 Å². The number of amides is 1. The van der Waals surface area contributed by atoms with Crippen LogP contribution in [0.5, 0.6) is 5.75 Å². The molecule has 1 fully saturated rings. The molecule has 0 radical (unpaired) electrons. The van der Waals surface area contributed by atoms with Crippen molar-refractivity contribution in [3.63, 3.8) is 0 Å². The number of aliphatic carboxylic acids is 1. The zero-order valence-corrected chi connectivity index (χ0v) is 23.0. The Balaban J connectivity index is 1.93. The van der Waals surface area contributed by atoms with Crippen LogP contribution in [0.25, 0.3) is 0 Å². The van der Waals surface area contributed by atoms with Gasteiger partial charge in [-0.15, -0.1) is 11.3 Å². The molecule has 196 valence electrons. The summed E-state index contributed by atoms with van der Waals surface area (Å²) in [5.41, 5.74) is 0.352. The van der Waals surface area contributed by atoms with Gasteiger partial charge in [0.05, 0.1) is 18.8 Å². The maximum absolute atomic E-state index is 14.4. The molecule has 0 aliphatic carbocycles. The van der Waals surface area contributed by atoms with E-state index >= 15 is 0 Å². The van der Waals surface area contributed by atoms with E-state index in [1.165, 1.54) is 11.3 Å². The van der Waals surface area contributed by atoms with Crippen LogP contribution in [0.3, 0.4) is 0 Å². The van der Waals surface area contributed by atoms with E-state index in [9.17, 15) is 14.7 Å². The van der Waals surface area contributed by atoms with Crippen molar-refractivity contribution in [3.8, 4) is 5.75 Å². The van der Waals surface area contributed by atoms with Gasteiger partial charge in [0.2, 0.25) is 0 Å². The molecule has 4 rings (SSSR count). The predicted molar refractivity (Wildman–Crippen MR) is 142 cm³/mol. The first kappa shape index (κ1) is 26.7. The van der Waals surface area contributed by atoms with Crippen LogP contribution in [0.4, 0.5) is 0 Å². The van der Waals surface area contributed by atoms with E-state index in [0.29, 0.717) is 28.4 Å². The Morgan fingerprint density at radius 1 is 1.22 bits per heavy atom. The Kier molecular flexibility index (Phi) is 7.37. The number of carbonyl (C=O) groups is 2. The van der Waals surface area contributed by atoms with Crippen LogP contribution in [0, 0.1) is 5.92 Å². The van der Waals surface area contributed by atoms with E-state index in [-0.39, 0.29) is 29.6 Å². The lowest BCUT2D eigenvalue weighted by Crippen LogP contribution is -2.54. The number of likely N-dealkylation sites (tertiary alicyclic amines) is 1. The van der Waals surface area contributed by atoms with Crippen molar-refractivity contribution in [1.82, 2.24) is 19.9 Å². The second-order valence-electron chi connectivity index (χ2n) is 11.0. The number of nitrogens with zero attached hydrogens (tertiary/aromatic N) is 4. The summed E-state index contributed by atoms with van der Waals surface area (Å²) in [6.45, 7) is 10.2. The van der Waals surface area contributed by atoms with E-state index in [2.05, 4.69) is 35.7 Å². The number of hydrogen-bond donors (Lipinski definition) is 1. The Morgan fingerprint density at radius 3 is 2.51 bits per heavy atom. The minimum absolute atomic E-state index is 0.0294. The van der Waals surface area contributed by atoms with E-state index in [4.69, 9.17) is 4.74 Å². The maximum Gasteiger partial charge on any atom is 0.329 e. The molecule has 1 saturated heterocycles. The van der Waals surface area contributed by atoms with Crippen molar-refractivity contribution in [1.29, 1.82) is 0 Å². The van der Waals surface area contributed by atoms with Gasteiger partial charge in [-0.2, -0.15) is 0 Å². The fourth-order valence-electron chi connectivity index (χ4n) is 5.49. The van der Waals surface area contributed by atoms with Crippen LogP contribution in [0.15, 0.2) is 48.4 Å². The largest absolute Gasteiger partial charge is 0.496 e. The highest BCUT2D eigenvalue weighted by atomic mass is 32.1. The zero-order chi connectivity index (χ0) is 27.0. The molecule has 0 spiro atoms. The number of thiazole rings is 1. The number of benzene rings is 1. The smallest absolute Gasteiger partial charge is 0.329 e. The van der Waals surface area contributed by atoms with Crippen molar-refractivity contribution in [3.05, 3.63) is 70.2 Å². The normalized spacial score (nSPS) is 21.9. The van der Waals surface area contributed by atoms with E-state index in [1.807, 2.05) is 25.3 Å². The zero-order valence-electron chi connectivity index (χ0n) is 22.1. The van der Waals surface area contributed by atoms with Crippen LogP contribution >= 0.6 is 11.3 Å². The standard InChI is InChI=1S/C28H34N4O4S/c1-17(2)14-28(26(34)35)15-19(21-16-29-9-10-30-21)23(24-31-11-12-37-24)32(28)25(33)18-7-8-20(27(3,4)5)22(13-18)36-6/h7-13,16-17,19,23H,14-15H2,1-6H3,(H,34,35)/t19?,23-,28+/m1/s1. The molecule has 3 heterocycles. The topological polar surface area (TPSA) is 106 Å². The number of hydrogen-bond acceptors (Lipinski definition) is 7. The van der Waals surface area contributed by atoms with Gasteiger partial charge >= 0.3 is 5.97 Å². The average Bonchev–Trinajstić information content (AvgIpc) is 3.49. The van der Waals surface area contributed by atoms with Crippen LogP contribution in [0.2, 0.25) is 0 Å². The minimum atomic E-state index is -1.44. The van der Waals surface area contributed by atoms with Gasteiger partial charge in [-0.05, 0) is 41.9 Å². The van der Waals surface area contributed by atoms with Crippen molar-refractivity contribution < 1.29 is 19.4 Å². The molecule has 1 N–H and O–H groups in total. The van der Waals surface area contributed by atoms with Crippen molar-refractivity contribution in [2.75, 3.05) is 7.11 Å². The number of carboxylic acids is 1. The van der Waals surface area contributed by atoms with Crippen LogP contribution in [0.1, 0.15) is 86.0 Å². The van der Waals surface area contributed by atoms with Crippen LogP contribution in [-0.2, 0) is 10.2 Å². The molecule has 1 aliphatic heterocycles. The lowest BCUT2D eigenvalue weighted by molar-refractivity contribution is -0.150. The molecule has 1 aliphatic rings. The summed E-state index contributed by atoms with van der Waals surface area (Å²) < 4.78 is 5.66. The molecule has 9 heteroatoms. The Bertz CT molecular complexity index is 1260. The van der Waals surface area contributed by atoms with Gasteiger partial charge in [0.15, 0.2) is 0 Å². The third kappa shape index (κ3) is 4.97.